The molecule has 0 radical (unpaired) electrons. The molecule has 2 atom stereocenters. The van der Waals surface area contributed by atoms with Crippen LogP contribution in [0.4, 0.5) is 0 Å². The number of morpholine rings is 1. The molecule has 2 unspecified atom stereocenters. The van der Waals surface area contributed by atoms with E-state index in [0.717, 1.165) is 19.3 Å². The van der Waals surface area contributed by atoms with E-state index in [1.165, 1.54) is 0 Å². The molecule has 2 fully saturated rings. The van der Waals surface area contributed by atoms with E-state index in [1.807, 2.05) is 0 Å². The number of carbonyl (C=O) groups is 2. The van der Waals surface area contributed by atoms with Gasteiger partial charge >= 0.3 is 0 Å². The van der Waals surface area contributed by atoms with E-state index in [9.17, 15) is 9.59 Å². The van der Waals surface area contributed by atoms with Crippen LogP contribution in [-0.4, -0.2) is 55.6 Å². The fraction of sp³-hybridized carbons (Fsp3) is 0.833. The zero-order valence-electron chi connectivity index (χ0n) is 10.6. The van der Waals surface area contributed by atoms with Crippen molar-refractivity contribution in [1.29, 1.82) is 0 Å². The van der Waals surface area contributed by atoms with Crippen LogP contribution in [0, 0.1) is 5.92 Å². The van der Waals surface area contributed by atoms with Crippen LogP contribution in [0.2, 0.25) is 0 Å². The van der Waals surface area contributed by atoms with Crippen molar-refractivity contribution in [2.24, 2.45) is 11.7 Å². The molecule has 0 bridgehead atoms. The van der Waals surface area contributed by atoms with Gasteiger partial charge in [0.1, 0.15) is 0 Å². The van der Waals surface area contributed by atoms with Gasteiger partial charge in [-0.15, -0.1) is 0 Å². The summed E-state index contributed by atoms with van der Waals surface area (Å²) in [4.78, 5) is 25.4. The van der Waals surface area contributed by atoms with Crippen molar-refractivity contribution in [2.75, 3.05) is 32.8 Å². The largest absolute Gasteiger partial charge is 0.378 e. The highest BCUT2D eigenvalue weighted by molar-refractivity contribution is 5.86. The monoisotopic (exact) mass is 255 g/mol. The molecular weight excluding hydrogens is 234 g/mol. The molecule has 1 heterocycles. The summed E-state index contributed by atoms with van der Waals surface area (Å²) in [6, 6.07) is 0.135. The number of nitrogens with two attached hydrogens (primary N) is 1. The minimum Gasteiger partial charge on any atom is -0.378 e. The van der Waals surface area contributed by atoms with Crippen LogP contribution in [0.3, 0.4) is 0 Å². The Kier molecular flexibility index (Phi) is 4.54. The molecule has 2 rings (SSSR count). The van der Waals surface area contributed by atoms with E-state index < -0.39 is 0 Å². The van der Waals surface area contributed by atoms with Gasteiger partial charge in [0, 0.05) is 25.0 Å². The number of hydrogen-bond acceptors (Lipinski definition) is 4. The molecule has 102 valence electrons. The summed E-state index contributed by atoms with van der Waals surface area (Å²) in [7, 11) is 0. The molecule has 2 aliphatic rings. The van der Waals surface area contributed by atoms with Crippen molar-refractivity contribution in [3.05, 3.63) is 0 Å². The van der Waals surface area contributed by atoms with Crippen molar-refractivity contribution in [3.63, 3.8) is 0 Å². The maximum atomic E-state index is 11.8. The minimum atomic E-state index is -0.0374. The highest BCUT2D eigenvalue weighted by Crippen LogP contribution is 2.23. The van der Waals surface area contributed by atoms with Crippen LogP contribution in [0.25, 0.3) is 0 Å². The fourth-order valence-corrected chi connectivity index (χ4v) is 2.49. The van der Waals surface area contributed by atoms with Crippen molar-refractivity contribution >= 4 is 11.8 Å². The van der Waals surface area contributed by atoms with Crippen LogP contribution < -0.4 is 11.1 Å². The highest BCUT2D eigenvalue weighted by Gasteiger charge is 2.28. The van der Waals surface area contributed by atoms with E-state index in [0.29, 0.717) is 26.3 Å². The second-order valence-corrected chi connectivity index (χ2v) is 4.98. The van der Waals surface area contributed by atoms with Crippen molar-refractivity contribution < 1.29 is 14.3 Å². The Bertz CT molecular complexity index is 299. The number of nitrogens with zero attached hydrogens (tertiary/aromatic N) is 1. The number of carbonyl (C=O) groups excluding carboxylic acids is 2. The second-order valence-electron chi connectivity index (χ2n) is 4.98. The Morgan fingerprint density at radius 3 is 2.61 bits per heavy atom. The molecular formula is C12H21N3O3. The third-order valence-corrected chi connectivity index (χ3v) is 3.62. The lowest BCUT2D eigenvalue weighted by molar-refractivity contribution is -0.136. The quantitative estimate of drug-likeness (QED) is 0.683. The summed E-state index contributed by atoms with van der Waals surface area (Å²) in [6.07, 6.45) is 2.46. The zero-order chi connectivity index (χ0) is 13.0. The maximum absolute atomic E-state index is 11.8. The topological polar surface area (TPSA) is 84.7 Å². The van der Waals surface area contributed by atoms with Gasteiger partial charge in [0.15, 0.2) is 0 Å². The lowest BCUT2D eigenvalue weighted by Gasteiger charge is -2.27. The summed E-state index contributed by atoms with van der Waals surface area (Å²) in [5.74, 6) is -0.0870. The van der Waals surface area contributed by atoms with Crippen molar-refractivity contribution in [3.8, 4) is 0 Å². The Hall–Kier alpha value is -1.14. The molecule has 0 aromatic heterocycles. The van der Waals surface area contributed by atoms with Gasteiger partial charge in [0.2, 0.25) is 11.8 Å². The molecule has 1 saturated heterocycles. The Morgan fingerprint density at radius 1 is 1.28 bits per heavy atom. The number of amides is 2. The molecule has 18 heavy (non-hydrogen) atoms. The Balaban J connectivity index is 1.70. The molecule has 6 heteroatoms. The van der Waals surface area contributed by atoms with Crippen molar-refractivity contribution in [2.45, 2.75) is 25.3 Å². The maximum Gasteiger partial charge on any atom is 0.242 e. The predicted octanol–water partition coefficient (Wildman–Crippen LogP) is -0.911. The van der Waals surface area contributed by atoms with Gasteiger partial charge in [-0.25, -0.2) is 0 Å². The number of ether oxygens (including phenoxy) is 1. The SMILES string of the molecule is NC1CCC(C(=O)NCC(=O)N2CCOCC2)C1. The first-order valence-corrected chi connectivity index (χ1v) is 6.55. The molecule has 3 N–H and O–H groups in total. The normalized spacial score (nSPS) is 28.2. The molecule has 2 amide bonds. The first-order valence-electron chi connectivity index (χ1n) is 6.55. The van der Waals surface area contributed by atoms with E-state index in [4.69, 9.17) is 10.5 Å². The van der Waals surface area contributed by atoms with Gasteiger partial charge in [0.25, 0.3) is 0 Å². The molecule has 1 aliphatic heterocycles. The van der Waals surface area contributed by atoms with E-state index in [2.05, 4.69) is 5.32 Å². The molecule has 6 nitrogen and oxygen atoms in total. The van der Waals surface area contributed by atoms with Crippen LogP contribution in [0.1, 0.15) is 19.3 Å². The molecule has 0 aromatic carbocycles. The third kappa shape index (κ3) is 3.43. The molecule has 0 spiro atoms. The summed E-state index contributed by atoms with van der Waals surface area (Å²) in [5.41, 5.74) is 5.77. The smallest absolute Gasteiger partial charge is 0.242 e. The number of nitrogens with one attached hydrogen (secondary N) is 1. The summed E-state index contributed by atoms with van der Waals surface area (Å²) < 4.78 is 5.17. The Labute approximate surface area is 107 Å². The predicted molar refractivity (Wildman–Crippen MR) is 65.7 cm³/mol. The minimum absolute atomic E-state index is 0.0162. The summed E-state index contributed by atoms with van der Waals surface area (Å²) in [6.45, 7) is 2.48. The first-order chi connectivity index (χ1) is 8.66. The molecule has 1 aliphatic carbocycles. The van der Waals surface area contributed by atoms with Gasteiger partial charge in [-0.1, -0.05) is 0 Å². The van der Waals surface area contributed by atoms with Crippen LogP contribution in [0.15, 0.2) is 0 Å². The lowest BCUT2D eigenvalue weighted by atomic mass is 10.1. The third-order valence-electron chi connectivity index (χ3n) is 3.62. The van der Waals surface area contributed by atoms with Gasteiger partial charge in [-0.3, -0.25) is 9.59 Å². The van der Waals surface area contributed by atoms with E-state index >= 15 is 0 Å². The fourth-order valence-electron chi connectivity index (χ4n) is 2.49. The number of rotatable bonds is 3. The van der Waals surface area contributed by atoms with Crippen LogP contribution >= 0.6 is 0 Å². The highest BCUT2D eigenvalue weighted by atomic mass is 16.5. The first kappa shape index (κ1) is 13.3. The van der Waals surface area contributed by atoms with Gasteiger partial charge in [-0.2, -0.15) is 0 Å². The number of hydrogen-bond donors (Lipinski definition) is 2. The van der Waals surface area contributed by atoms with Crippen LogP contribution in [-0.2, 0) is 14.3 Å². The summed E-state index contributed by atoms with van der Waals surface area (Å²) in [5, 5.41) is 2.72. The summed E-state index contributed by atoms with van der Waals surface area (Å²) >= 11 is 0. The average molecular weight is 255 g/mol. The average Bonchev–Trinajstić information content (AvgIpc) is 2.83. The van der Waals surface area contributed by atoms with Gasteiger partial charge in [-0.05, 0) is 19.3 Å². The standard InChI is InChI=1S/C12H21N3O3/c13-10-2-1-9(7-10)12(17)14-8-11(16)15-3-5-18-6-4-15/h9-10H,1-8,13H2,(H,14,17). The van der Waals surface area contributed by atoms with E-state index in [1.54, 1.807) is 4.90 Å². The lowest BCUT2D eigenvalue weighted by Crippen LogP contribution is -2.46. The van der Waals surface area contributed by atoms with E-state index in [-0.39, 0.29) is 30.3 Å². The zero-order valence-corrected chi connectivity index (χ0v) is 10.6. The Morgan fingerprint density at radius 2 is 2.00 bits per heavy atom. The van der Waals surface area contributed by atoms with Gasteiger partial charge in [0.05, 0.1) is 19.8 Å². The second kappa shape index (κ2) is 6.15. The van der Waals surface area contributed by atoms with Crippen LogP contribution in [0.5, 0.6) is 0 Å². The van der Waals surface area contributed by atoms with Gasteiger partial charge < -0.3 is 20.7 Å². The molecule has 1 saturated carbocycles. The van der Waals surface area contributed by atoms with Crippen molar-refractivity contribution in [1.82, 2.24) is 10.2 Å². The molecule has 0 aromatic rings.